The lowest BCUT2D eigenvalue weighted by Gasteiger charge is -2.14. The quantitative estimate of drug-likeness (QED) is 0.711. The van der Waals surface area contributed by atoms with Crippen LogP contribution < -0.4 is 10.0 Å². The summed E-state index contributed by atoms with van der Waals surface area (Å²) in [6.07, 6.45) is 1.97. The van der Waals surface area contributed by atoms with Crippen molar-refractivity contribution in [3.8, 4) is 0 Å². The fraction of sp³-hybridized carbons (Fsp3) is 0.571. The average molecular weight is 395 g/mol. The summed E-state index contributed by atoms with van der Waals surface area (Å²) < 4.78 is 28.0. The van der Waals surface area contributed by atoms with Crippen LogP contribution >= 0.6 is 27.7 Å². The third-order valence-corrected chi connectivity index (χ3v) is 6.35. The Kier molecular flexibility index (Phi) is 7.70. The molecule has 0 aromatic heterocycles. The van der Waals surface area contributed by atoms with Gasteiger partial charge in [-0.3, -0.25) is 0 Å². The Bertz CT molecular complexity index is 562. The van der Waals surface area contributed by atoms with Crippen LogP contribution in [-0.2, 0) is 16.6 Å². The van der Waals surface area contributed by atoms with Crippen molar-refractivity contribution in [3.05, 3.63) is 28.2 Å². The molecule has 0 fully saturated rings. The van der Waals surface area contributed by atoms with Crippen molar-refractivity contribution < 1.29 is 8.42 Å². The van der Waals surface area contributed by atoms with Gasteiger partial charge in [0.25, 0.3) is 0 Å². The molecule has 1 unspecified atom stereocenters. The number of sulfonamides is 1. The van der Waals surface area contributed by atoms with Crippen molar-refractivity contribution in [1.29, 1.82) is 0 Å². The van der Waals surface area contributed by atoms with Gasteiger partial charge in [0.15, 0.2) is 0 Å². The van der Waals surface area contributed by atoms with Gasteiger partial charge < -0.3 is 5.32 Å². The van der Waals surface area contributed by atoms with Crippen LogP contribution in [0.4, 0.5) is 0 Å². The Morgan fingerprint density at radius 2 is 1.95 bits per heavy atom. The summed E-state index contributed by atoms with van der Waals surface area (Å²) in [5.74, 6) is 0. The molecule has 4 nitrogen and oxygen atoms in total. The monoisotopic (exact) mass is 394 g/mol. The van der Waals surface area contributed by atoms with Gasteiger partial charge in [-0.15, -0.1) is 0 Å². The van der Waals surface area contributed by atoms with Crippen molar-refractivity contribution in [2.24, 2.45) is 0 Å². The molecule has 0 aliphatic heterocycles. The highest BCUT2D eigenvalue weighted by atomic mass is 79.9. The maximum absolute atomic E-state index is 12.4. The lowest BCUT2D eigenvalue weighted by atomic mass is 10.2. The molecule has 0 bridgehead atoms. The van der Waals surface area contributed by atoms with Gasteiger partial charge in [-0.1, -0.05) is 26.8 Å². The van der Waals surface area contributed by atoms with E-state index in [4.69, 9.17) is 0 Å². The second-order valence-electron chi connectivity index (χ2n) is 5.20. The third kappa shape index (κ3) is 6.28. The van der Waals surface area contributed by atoms with Gasteiger partial charge in [0, 0.05) is 28.9 Å². The molecule has 1 aromatic rings. The van der Waals surface area contributed by atoms with E-state index in [1.807, 2.05) is 19.2 Å². The predicted octanol–water partition coefficient (Wildman–Crippen LogP) is 2.98. The van der Waals surface area contributed by atoms with E-state index in [9.17, 15) is 8.42 Å². The van der Waals surface area contributed by atoms with Gasteiger partial charge in [-0.25, -0.2) is 13.1 Å². The summed E-state index contributed by atoms with van der Waals surface area (Å²) in [7, 11) is -3.50. The van der Waals surface area contributed by atoms with E-state index in [0.29, 0.717) is 28.5 Å². The van der Waals surface area contributed by atoms with Gasteiger partial charge in [0.2, 0.25) is 10.0 Å². The van der Waals surface area contributed by atoms with Gasteiger partial charge >= 0.3 is 0 Å². The Hall–Kier alpha value is -0.0800. The van der Waals surface area contributed by atoms with Crippen LogP contribution in [0.25, 0.3) is 0 Å². The number of nitrogens with one attached hydrogen (secondary N) is 2. The largest absolute Gasteiger partial charge is 0.310 e. The molecule has 7 heteroatoms. The maximum Gasteiger partial charge on any atom is 0.241 e. The molecule has 2 N–H and O–H groups in total. The van der Waals surface area contributed by atoms with Crippen LogP contribution in [0.1, 0.15) is 26.3 Å². The van der Waals surface area contributed by atoms with Crippen molar-refractivity contribution in [2.45, 2.75) is 43.5 Å². The second-order valence-corrected chi connectivity index (χ2v) is 9.06. The van der Waals surface area contributed by atoms with E-state index in [2.05, 4.69) is 39.8 Å². The highest BCUT2D eigenvalue weighted by molar-refractivity contribution is 9.10. The standard InChI is InChI=1S/C14H23BrN2O2S2/c1-10(2)16-9-12-5-6-13(15)14(7-12)21(18,19)17-8-11(3)20-4/h5-7,10-11,16-17H,8-9H2,1-4H3. The lowest BCUT2D eigenvalue weighted by molar-refractivity contribution is 0.578. The van der Waals surface area contributed by atoms with Crippen LogP contribution in [-0.4, -0.2) is 32.5 Å². The summed E-state index contributed by atoms with van der Waals surface area (Å²) in [6.45, 7) is 7.17. The number of benzene rings is 1. The van der Waals surface area contributed by atoms with Gasteiger partial charge in [0.1, 0.15) is 0 Å². The van der Waals surface area contributed by atoms with Crippen LogP contribution in [0.3, 0.4) is 0 Å². The van der Waals surface area contributed by atoms with E-state index in [0.717, 1.165) is 5.56 Å². The molecule has 21 heavy (non-hydrogen) atoms. The molecule has 120 valence electrons. The molecular formula is C14H23BrN2O2S2. The summed E-state index contributed by atoms with van der Waals surface area (Å²) in [6, 6.07) is 5.77. The minimum Gasteiger partial charge on any atom is -0.310 e. The van der Waals surface area contributed by atoms with Crippen molar-refractivity contribution in [1.82, 2.24) is 10.0 Å². The minimum absolute atomic E-state index is 0.240. The van der Waals surface area contributed by atoms with Crippen molar-refractivity contribution in [2.75, 3.05) is 12.8 Å². The zero-order chi connectivity index (χ0) is 16.0. The van der Waals surface area contributed by atoms with Crippen LogP contribution in [0.15, 0.2) is 27.6 Å². The Morgan fingerprint density at radius 1 is 1.29 bits per heavy atom. The molecule has 0 aliphatic rings. The predicted molar refractivity (Wildman–Crippen MR) is 94.3 cm³/mol. The number of halogens is 1. The van der Waals surface area contributed by atoms with E-state index in [1.165, 1.54) is 0 Å². The van der Waals surface area contributed by atoms with E-state index in [-0.39, 0.29) is 5.25 Å². The first-order valence-electron chi connectivity index (χ1n) is 6.80. The number of hydrogen-bond donors (Lipinski definition) is 2. The van der Waals surface area contributed by atoms with Gasteiger partial charge in [-0.2, -0.15) is 11.8 Å². The molecule has 0 amide bonds. The average Bonchev–Trinajstić information content (AvgIpc) is 2.43. The summed E-state index contributed by atoms with van der Waals surface area (Å²) in [4.78, 5) is 0.291. The first kappa shape index (κ1) is 19.0. The van der Waals surface area contributed by atoms with Crippen LogP contribution in [0.5, 0.6) is 0 Å². The van der Waals surface area contributed by atoms with Crippen molar-refractivity contribution >= 4 is 37.7 Å². The minimum atomic E-state index is -3.50. The molecule has 0 spiro atoms. The second kappa shape index (κ2) is 8.53. The van der Waals surface area contributed by atoms with E-state index >= 15 is 0 Å². The van der Waals surface area contributed by atoms with Gasteiger partial charge in [-0.05, 0) is 39.9 Å². The van der Waals surface area contributed by atoms with E-state index < -0.39 is 10.0 Å². The fourth-order valence-electron chi connectivity index (χ4n) is 1.57. The number of hydrogen-bond acceptors (Lipinski definition) is 4. The highest BCUT2D eigenvalue weighted by Gasteiger charge is 2.18. The molecule has 1 atom stereocenters. The Morgan fingerprint density at radius 3 is 2.52 bits per heavy atom. The molecule has 0 radical (unpaired) electrons. The molecule has 0 aliphatic carbocycles. The lowest BCUT2D eigenvalue weighted by Crippen LogP contribution is -2.30. The molecule has 0 heterocycles. The Labute approximate surface area is 140 Å². The highest BCUT2D eigenvalue weighted by Crippen LogP contribution is 2.23. The topological polar surface area (TPSA) is 58.2 Å². The van der Waals surface area contributed by atoms with Crippen molar-refractivity contribution in [3.63, 3.8) is 0 Å². The molecular weight excluding hydrogens is 372 g/mol. The van der Waals surface area contributed by atoms with Gasteiger partial charge in [0.05, 0.1) is 4.90 Å². The Balaban J connectivity index is 2.91. The first-order valence-corrected chi connectivity index (χ1v) is 10.4. The van der Waals surface area contributed by atoms with Crippen LogP contribution in [0, 0.1) is 0 Å². The smallest absolute Gasteiger partial charge is 0.241 e. The molecule has 0 saturated heterocycles. The summed E-state index contributed by atoms with van der Waals surface area (Å²) in [5.41, 5.74) is 0.949. The first-order chi connectivity index (χ1) is 9.76. The summed E-state index contributed by atoms with van der Waals surface area (Å²) >= 11 is 4.96. The number of thioether (sulfide) groups is 1. The fourth-order valence-corrected chi connectivity index (χ4v) is 4.07. The van der Waals surface area contributed by atoms with Crippen LogP contribution in [0.2, 0.25) is 0 Å². The normalized spacial score (nSPS) is 13.6. The summed E-state index contributed by atoms with van der Waals surface area (Å²) in [5, 5.41) is 3.53. The molecule has 1 aromatic carbocycles. The molecule has 1 rings (SSSR count). The number of rotatable bonds is 8. The van der Waals surface area contributed by atoms with E-state index in [1.54, 1.807) is 23.9 Å². The zero-order valence-corrected chi connectivity index (χ0v) is 16.0. The zero-order valence-electron chi connectivity index (χ0n) is 12.8. The molecule has 0 saturated carbocycles. The maximum atomic E-state index is 12.4. The SMILES string of the molecule is CSC(C)CNS(=O)(=O)c1cc(CNC(C)C)ccc1Br. The third-order valence-electron chi connectivity index (χ3n) is 2.96.